The van der Waals surface area contributed by atoms with E-state index < -0.39 is 11.7 Å². The number of aromatic nitrogens is 2. The van der Waals surface area contributed by atoms with Crippen LogP contribution in [0.3, 0.4) is 0 Å². The number of carbonyl (C=O) groups excluding carboxylic acids is 1. The standard InChI is InChI=1S/C20H18FN3O3/c1-2-27-17-9-3-14(4-10-17)18-11-12-20(26)24(23-18)13-19(25)22-16-7-5-15(21)6-8-16/h3-12H,2,13H2,1H3,(H,22,25). The van der Waals surface area contributed by atoms with Gasteiger partial charge in [-0.25, -0.2) is 9.07 Å². The van der Waals surface area contributed by atoms with E-state index in [-0.39, 0.29) is 12.1 Å². The summed E-state index contributed by atoms with van der Waals surface area (Å²) < 4.78 is 19.4. The van der Waals surface area contributed by atoms with E-state index >= 15 is 0 Å². The van der Waals surface area contributed by atoms with Crippen LogP contribution in [-0.2, 0) is 11.3 Å². The van der Waals surface area contributed by atoms with Crippen LogP contribution in [0.15, 0.2) is 65.5 Å². The van der Waals surface area contributed by atoms with Crippen LogP contribution in [-0.4, -0.2) is 22.3 Å². The largest absolute Gasteiger partial charge is 0.494 e. The number of carbonyl (C=O) groups is 1. The fraction of sp³-hybridized carbons (Fsp3) is 0.150. The predicted molar refractivity (Wildman–Crippen MR) is 100 cm³/mol. The zero-order valence-corrected chi connectivity index (χ0v) is 14.7. The Balaban J connectivity index is 1.75. The van der Waals surface area contributed by atoms with E-state index in [0.717, 1.165) is 16.0 Å². The van der Waals surface area contributed by atoms with Crippen LogP contribution in [0.2, 0.25) is 0 Å². The molecule has 6 nitrogen and oxygen atoms in total. The number of rotatable bonds is 6. The van der Waals surface area contributed by atoms with E-state index in [0.29, 0.717) is 18.0 Å². The third-order valence-corrected chi connectivity index (χ3v) is 3.75. The highest BCUT2D eigenvalue weighted by atomic mass is 19.1. The number of hydrogen-bond donors (Lipinski definition) is 1. The van der Waals surface area contributed by atoms with Gasteiger partial charge in [-0.3, -0.25) is 9.59 Å². The molecule has 0 spiro atoms. The maximum absolute atomic E-state index is 12.9. The monoisotopic (exact) mass is 367 g/mol. The molecule has 0 atom stereocenters. The Morgan fingerprint density at radius 2 is 1.78 bits per heavy atom. The summed E-state index contributed by atoms with van der Waals surface area (Å²) >= 11 is 0. The summed E-state index contributed by atoms with van der Waals surface area (Å²) in [5, 5.41) is 6.86. The molecule has 138 valence electrons. The van der Waals surface area contributed by atoms with Gasteiger partial charge >= 0.3 is 0 Å². The van der Waals surface area contributed by atoms with Gasteiger partial charge in [0.05, 0.1) is 12.3 Å². The highest BCUT2D eigenvalue weighted by Crippen LogP contribution is 2.19. The zero-order chi connectivity index (χ0) is 19.2. The van der Waals surface area contributed by atoms with Crippen molar-refractivity contribution in [2.75, 3.05) is 11.9 Å². The first-order chi connectivity index (χ1) is 13.0. The second-order valence-electron chi connectivity index (χ2n) is 5.73. The molecule has 1 N–H and O–H groups in total. The van der Waals surface area contributed by atoms with Gasteiger partial charge in [-0.1, -0.05) is 0 Å². The minimum atomic E-state index is -0.431. The van der Waals surface area contributed by atoms with E-state index in [1.54, 1.807) is 6.07 Å². The number of halogens is 1. The van der Waals surface area contributed by atoms with Crippen LogP contribution in [0, 0.1) is 5.82 Å². The number of benzene rings is 2. The van der Waals surface area contributed by atoms with Gasteiger partial charge < -0.3 is 10.1 Å². The molecule has 0 saturated carbocycles. The van der Waals surface area contributed by atoms with Gasteiger partial charge in [0.1, 0.15) is 18.1 Å². The van der Waals surface area contributed by atoms with Gasteiger partial charge in [-0.2, -0.15) is 5.10 Å². The van der Waals surface area contributed by atoms with E-state index in [4.69, 9.17) is 4.74 Å². The van der Waals surface area contributed by atoms with Gasteiger partial charge in [0.25, 0.3) is 5.56 Å². The predicted octanol–water partition coefficient (Wildman–Crippen LogP) is 3.09. The first-order valence-electron chi connectivity index (χ1n) is 8.42. The fourth-order valence-electron chi connectivity index (χ4n) is 2.47. The number of hydrogen-bond acceptors (Lipinski definition) is 4. The van der Waals surface area contributed by atoms with Crippen molar-refractivity contribution >= 4 is 11.6 Å². The molecular weight excluding hydrogens is 349 g/mol. The van der Waals surface area contributed by atoms with Crippen LogP contribution in [0.25, 0.3) is 11.3 Å². The quantitative estimate of drug-likeness (QED) is 0.727. The second-order valence-corrected chi connectivity index (χ2v) is 5.73. The lowest BCUT2D eigenvalue weighted by molar-refractivity contribution is -0.117. The normalized spacial score (nSPS) is 10.4. The van der Waals surface area contributed by atoms with Crippen LogP contribution < -0.4 is 15.6 Å². The molecule has 1 heterocycles. The van der Waals surface area contributed by atoms with Crippen molar-refractivity contribution < 1.29 is 13.9 Å². The Morgan fingerprint density at radius 1 is 1.07 bits per heavy atom. The van der Waals surface area contributed by atoms with E-state index in [1.165, 1.54) is 30.3 Å². The van der Waals surface area contributed by atoms with E-state index in [1.807, 2.05) is 31.2 Å². The Morgan fingerprint density at radius 3 is 2.44 bits per heavy atom. The molecule has 2 aromatic carbocycles. The lowest BCUT2D eigenvalue weighted by Gasteiger charge is -2.09. The van der Waals surface area contributed by atoms with E-state index in [9.17, 15) is 14.0 Å². The molecule has 7 heteroatoms. The Labute approximate surface area is 155 Å². The number of nitrogens with one attached hydrogen (secondary N) is 1. The molecule has 0 unspecified atom stereocenters. The van der Waals surface area contributed by atoms with Crippen molar-refractivity contribution in [3.05, 3.63) is 76.8 Å². The van der Waals surface area contributed by atoms with Gasteiger partial charge in [0, 0.05) is 17.3 Å². The van der Waals surface area contributed by atoms with Crippen molar-refractivity contribution in [2.24, 2.45) is 0 Å². The van der Waals surface area contributed by atoms with Crippen molar-refractivity contribution in [1.82, 2.24) is 9.78 Å². The molecule has 3 rings (SSSR count). The lowest BCUT2D eigenvalue weighted by atomic mass is 10.1. The number of nitrogens with zero attached hydrogens (tertiary/aromatic N) is 2. The molecule has 27 heavy (non-hydrogen) atoms. The SMILES string of the molecule is CCOc1ccc(-c2ccc(=O)n(CC(=O)Nc3ccc(F)cc3)n2)cc1. The van der Waals surface area contributed by atoms with Gasteiger partial charge in [-0.05, 0) is 61.5 Å². The Kier molecular flexibility index (Phi) is 5.61. The molecule has 0 radical (unpaired) electrons. The summed E-state index contributed by atoms with van der Waals surface area (Å²) in [6.07, 6.45) is 0. The van der Waals surface area contributed by atoms with Gasteiger partial charge in [0.2, 0.25) is 5.91 Å². The van der Waals surface area contributed by atoms with Crippen molar-refractivity contribution in [3.63, 3.8) is 0 Å². The second kappa shape index (κ2) is 8.27. The summed E-state index contributed by atoms with van der Waals surface area (Å²) in [7, 11) is 0. The van der Waals surface area contributed by atoms with Crippen molar-refractivity contribution in [3.8, 4) is 17.0 Å². The number of ether oxygens (including phenoxy) is 1. The molecule has 0 aliphatic carbocycles. The van der Waals surface area contributed by atoms with Crippen LogP contribution in [0.4, 0.5) is 10.1 Å². The molecule has 0 aliphatic heterocycles. The molecule has 0 bridgehead atoms. The average molecular weight is 367 g/mol. The molecular formula is C20H18FN3O3. The third-order valence-electron chi connectivity index (χ3n) is 3.75. The molecule has 0 saturated heterocycles. The molecule has 0 aliphatic rings. The van der Waals surface area contributed by atoms with E-state index in [2.05, 4.69) is 10.4 Å². The van der Waals surface area contributed by atoms with Crippen LogP contribution >= 0.6 is 0 Å². The fourth-order valence-corrected chi connectivity index (χ4v) is 2.47. The lowest BCUT2D eigenvalue weighted by Crippen LogP contribution is -2.29. The topological polar surface area (TPSA) is 73.2 Å². The summed E-state index contributed by atoms with van der Waals surface area (Å²) in [5.74, 6) is -0.0813. The Hall–Kier alpha value is -3.48. The van der Waals surface area contributed by atoms with Gasteiger partial charge in [0.15, 0.2) is 0 Å². The van der Waals surface area contributed by atoms with Crippen LogP contribution in [0.1, 0.15) is 6.92 Å². The molecule has 1 amide bonds. The zero-order valence-electron chi connectivity index (χ0n) is 14.7. The summed E-state index contributed by atoms with van der Waals surface area (Å²) in [6.45, 7) is 2.23. The molecule has 0 fully saturated rings. The number of amides is 1. The highest BCUT2D eigenvalue weighted by Gasteiger charge is 2.09. The maximum Gasteiger partial charge on any atom is 0.267 e. The van der Waals surface area contributed by atoms with Gasteiger partial charge in [-0.15, -0.1) is 0 Å². The van der Waals surface area contributed by atoms with Crippen LogP contribution in [0.5, 0.6) is 5.75 Å². The molecule has 1 aromatic heterocycles. The maximum atomic E-state index is 12.9. The minimum Gasteiger partial charge on any atom is -0.494 e. The summed E-state index contributed by atoms with van der Waals surface area (Å²) in [6, 6.07) is 15.6. The minimum absolute atomic E-state index is 0.249. The highest BCUT2D eigenvalue weighted by molar-refractivity contribution is 5.90. The molecule has 3 aromatic rings. The summed E-state index contributed by atoms with van der Waals surface area (Å²) in [4.78, 5) is 24.2. The first kappa shape index (κ1) is 18.3. The average Bonchev–Trinajstić information content (AvgIpc) is 2.66. The number of anilines is 1. The van der Waals surface area contributed by atoms with Crippen molar-refractivity contribution in [1.29, 1.82) is 0 Å². The first-order valence-corrected chi connectivity index (χ1v) is 8.42. The van der Waals surface area contributed by atoms with Crippen molar-refractivity contribution in [2.45, 2.75) is 13.5 Å². The summed E-state index contributed by atoms with van der Waals surface area (Å²) in [5.41, 5.74) is 1.41. The Bertz CT molecular complexity index is 983. The smallest absolute Gasteiger partial charge is 0.267 e. The third kappa shape index (κ3) is 4.78.